The highest BCUT2D eigenvalue weighted by molar-refractivity contribution is 7.86. The molecular formula is C13H8Cl2N4O3S. The summed E-state index contributed by atoms with van der Waals surface area (Å²) in [7, 11) is -4.41. The Bertz CT molecular complexity index is 986. The van der Waals surface area contributed by atoms with E-state index in [-0.39, 0.29) is 21.4 Å². The SMILES string of the molecule is O=S(=O)(O)c1cccc2cccc(Nc3nc(Cl)nc(Cl)n3)c12. The number of nitrogens with zero attached hydrogens (tertiary/aromatic N) is 3. The molecule has 2 aromatic carbocycles. The number of hydrogen-bond donors (Lipinski definition) is 2. The molecule has 0 saturated carbocycles. The Hall–Kier alpha value is -2.00. The van der Waals surface area contributed by atoms with Crippen LogP contribution in [0.5, 0.6) is 0 Å². The fourth-order valence-corrected chi connectivity index (χ4v) is 3.23. The van der Waals surface area contributed by atoms with Gasteiger partial charge in [0.1, 0.15) is 4.90 Å². The summed E-state index contributed by atoms with van der Waals surface area (Å²) in [5.74, 6) is 0.0487. The Morgan fingerprint density at radius 1 is 0.957 bits per heavy atom. The zero-order valence-corrected chi connectivity index (χ0v) is 13.6. The largest absolute Gasteiger partial charge is 0.323 e. The van der Waals surface area contributed by atoms with Gasteiger partial charge in [-0.1, -0.05) is 24.3 Å². The Balaban J connectivity index is 2.21. The van der Waals surface area contributed by atoms with Crippen molar-refractivity contribution in [3.63, 3.8) is 0 Å². The van der Waals surface area contributed by atoms with Gasteiger partial charge in [0.15, 0.2) is 0 Å². The van der Waals surface area contributed by atoms with Crippen LogP contribution >= 0.6 is 23.2 Å². The van der Waals surface area contributed by atoms with E-state index >= 15 is 0 Å². The van der Waals surface area contributed by atoms with Crippen molar-refractivity contribution in [3.8, 4) is 0 Å². The number of benzene rings is 2. The zero-order valence-electron chi connectivity index (χ0n) is 11.2. The molecule has 7 nitrogen and oxygen atoms in total. The van der Waals surface area contributed by atoms with Crippen LogP contribution < -0.4 is 5.32 Å². The molecule has 0 aliphatic carbocycles. The predicted octanol–water partition coefficient (Wildman–Crippen LogP) is 3.32. The number of anilines is 2. The summed E-state index contributed by atoms with van der Waals surface area (Å²) < 4.78 is 32.6. The molecule has 0 aliphatic rings. The molecule has 118 valence electrons. The van der Waals surface area contributed by atoms with Gasteiger partial charge < -0.3 is 5.32 Å². The monoisotopic (exact) mass is 370 g/mol. The number of nitrogens with one attached hydrogen (secondary N) is 1. The van der Waals surface area contributed by atoms with Crippen molar-refractivity contribution < 1.29 is 13.0 Å². The van der Waals surface area contributed by atoms with E-state index in [1.807, 2.05) is 0 Å². The molecule has 1 heterocycles. The minimum atomic E-state index is -4.41. The molecule has 0 saturated heterocycles. The highest BCUT2D eigenvalue weighted by Gasteiger charge is 2.17. The summed E-state index contributed by atoms with van der Waals surface area (Å²) in [4.78, 5) is 11.1. The minimum absolute atomic E-state index is 0.0487. The number of hydrogen-bond acceptors (Lipinski definition) is 6. The predicted molar refractivity (Wildman–Crippen MR) is 86.9 cm³/mol. The molecule has 2 N–H and O–H groups in total. The maximum atomic E-state index is 11.6. The van der Waals surface area contributed by atoms with Crippen molar-refractivity contribution >= 4 is 55.7 Å². The van der Waals surface area contributed by atoms with Gasteiger partial charge in [-0.2, -0.15) is 23.4 Å². The molecule has 1 aromatic heterocycles. The van der Waals surface area contributed by atoms with Gasteiger partial charge in [-0.15, -0.1) is 0 Å². The van der Waals surface area contributed by atoms with Crippen molar-refractivity contribution in [2.75, 3.05) is 5.32 Å². The third-order valence-corrected chi connectivity index (χ3v) is 4.21. The lowest BCUT2D eigenvalue weighted by Crippen LogP contribution is -2.03. The quantitative estimate of drug-likeness (QED) is 0.681. The third kappa shape index (κ3) is 3.35. The average Bonchev–Trinajstić information content (AvgIpc) is 2.45. The number of fused-ring (bicyclic) bond motifs is 1. The second kappa shape index (κ2) is 5.89. The zero-order chi connectivity index (χ0) is 16.6. The first-order chi connectivity index (χ1) is 10.8. The lowest BCUT2D eigenvalue weighted by Gasteiger charge is -2.11. The molecular weight excluding hydrogens is 363 g/mol. The number of halogens is 2. The Morgan fingerprint density at radius 2 is 1.57 bits per heavy atom. The van der Waals surface area contributed by atoms with Gasteiger partial charge in [0.2, 0.25) is 16.5 Å². The maximum Gasteiger partial charge on any atom is 0.295 e. The molecule has 23 heavy (non-hydrogen) atoms. The Morgan fingerprint density at radius 3 is 2.17 bits per heavy atom. The minimum Gasteiger partial charge on any atom is -0.323 e. The fraction of sp³-hybridized carbons (Fsp3) is 0. The van der Waals surface area contributed by atoms with Crippen LogP contribution in [0, 0.1) is 0 Å². The number of aromatic nitrogens is 3. The topological polar surface area (TPSA) is 105 Å². The smallest absolute Gasteiger partial charge is 0.295 e. The summed E-state index contributed by atoms with van der Waals surface area (Å²) in [6.07, 6.45) is 0. The Labute approximate surface area is 141 Å². The molecule has 3 rings (SSSR count). The molecule has 0 atom stereocenters. The van der Waals surface area contributed by atoms with Crippen molar-refractivity contribution in [1.29, 1.82) is 0 Å². The lowest BCUT2D eigenvalue weighted by atomic mass is 10.1. The molecule has 0 amide bonds. The van der Waals surface area contributed by atoms with E-state index in [0.717, 1.165) is 0 Å². The van der Waals surface area contributed by atoms with Crippen molar-refractivity contribution in [3.05, 3.63) is 47.0 Å². The molecule has 0 radical (unpaired) electrons. The second-order valence-corrected chi connectivity index (χ2v) is 6.52. The van der Waals surface area contributed by atoms with Gasteiger partial charge in [0, 0.05) is 5.39 Å². The maximum absolute atomic E-state index is 11.6. The first-order valence-corrected chi connectivity index (χ1v) is 8.37. The van der Waals surface area contributed by atoms with E-state index in [1.165, 1.54) is 12.1 Å². The molecule has 0 bridgehead atoms. The van der Waals surface area contributed by atoms with Gasteiger partial charge in [-0.05, 0) is 40.7 Å². The summed E-state index contributed by atoms with van der Waals surface area (Å²) >= 11 is 11.4. The van der Waals surface area contributed by atoms with Crippen LogP contribution in [0.15, 0.2) is 41.3 Å². The summed E-state index contributed by atoms with van der Waals surface area (Å²) in [5.41, 5.74) is 0.369. The highest BCUT2D eigenvalue weighted by atomic mass is 35.5. The molecule has 0 spiro atoms. The average molecular weight is 371 g/mol. The van der Waals surface area contributed by atoms with E-state index in [9.17, 15) is 13.0 Å². The fourth-order valence-electron chi connectivity index (χ4n) is 2.13. The molecule has 10 heteroatoms. The van der Waals surface area contributed by atoms with Crippen molar-refractivity contribution in [1.82, 2.24) is 15.0 Å². The summed E-state index contributed by atoms with van der Waals surface area (Å²) in [6, 6.07) is 9.58. The first kappa shape index (κ1) is 15.9. The van der Waals surface area contributed by atoms with Gasteiger partial charge >= 0.3 is 0 Å². The van der Waals surface area contributed by atoms with Gasteiger partial charge in [-0.3, -0.25) is 4.55 Å². The van der Waals surface area contributed by atoms with Crippen LogP contribution in [0.1, 0.15) is 0 Å². The first-order valence-electron chi connectivity index (χ1n) is 6.18. The normalized spacial score (nSPS) is 11.6. The van der Waals surface area contributed by atoms with Crippen LogP contribution in [0.3, 0.4) is 0 Å². The van der Waals surface area contributed by atoms with E-state index in [1.54, 1.807) is 24.3 Å². The van der Waals surface area contributed by atoms with Crippen LogP contribution in [-0.2, 0) is 10.1 Å². The van der Waals surface area contributed by atoms with Crippen LogP contribution in [0.25, 0.3) is 10.8 Å². The number of rotatable bonds is 3. The van der Waals surface area contributed by atoms with Crippen LogP contribution in [0.2, 0.25) is 10.6 Å². The van der Waals surface area contributed by atoms with Crippen molar-refractivity contribution in [2.24, 2.45) is 0 Å². The third-order valence-electron chi connectivity index (χ3n) is 2.97. The highest BCUT2D eigenvalue weighted by Crippen LogP contribution is 2.31. The summed E-state index contributed by atoms with van der Waals surface area (Å²) in [6.45, 7) is 0. The van der Waals surface area contributed by atoms with E-state index in [0.29, 0.717) is 16.5 Å². The van der Waals surface area contributed by atoms with Crippen LogP contribution in [0.4, 0.5) is 11.6 Å². The Kier molecular flexibility index (Phi) is 4.07. The molecule has 0 fully saturated rings. The standard InChI is InChI=1S/C13H8Cl2N4O3S/c14-11-17-12(15)19-13(18-11)16-8-5-1-3-7-4-2-6-9(10(7)8)23(20,21)22/h1-6H,(H,20,21,22)(H,16,17,18,19). The van der Waals surface area contributed by atoms with E-state index < -0.39 is 10.1 Å². The molecule has 3 aromatic rings. The van der Waals surface area contributed by atoms with Gasteiger partial charge in [-0.25, -0.2) is 0 Å². The van der Waals surface area contributed by atoms with Gasteiger partial charge in [0.05, 0.1) is 5.69 Å². The molecule has 0 aliphatic heterocycles. The van der Waals surface area contributed by atoms with E-state index in [4.69, 9.17) is 23.2 Å². The second-order valence-electron chi connectivity index (χ2n) is 4.46. The van der Waals surface area contributed by atoms with Crippen LogP contribution in [-0.4, -0.2) is 27.9 Å². The van der Waals surface area contributed by atoms with Crippen molar-refractivity contribution in [2.45, 2.75) is 4.90 Å². The lowest BCUT2D eigenvalue weighted by molar-refractivity contribution is 0.484. The van der Waals surface area contributed by atoms with Gasteiger partial charge in [0.25, 0.3) is 10.1 Å². The summed E-state index contributed by atoms with van der Waals surface area (Å²) in [5, 5.41) is 3.52. The van der Waals surface area contributed by atoms with E-state index in [2.05, 4.69) is 20.3 Å². The molecule has 0 unspecified atom stereocenters.